The lowest BCUT2D eigenvalue weighted by atomic mass is 9.92. The molecule has 2 heteroatoms. The smallest absolute Gasteiger partial charge is 0.303 e. The van der Waals surface area contributed by atoms with E-state index in [1.807, 2.05) is 0 Å². The van der Waals surface area contributed by atoms with Gasteiger partial charge in [-0.05, 0) is 12.3 Å². The number of carbonyl (C=O) groups is 1. The molecule has 0 aliphatic carbocycles. The standard InChI is InChI=1S/C18H36O2/c1-3-5-6-7-8-9-11-14-17(4-2)15-12-10-13-16-18(19)20/h17H,3-16H2,1-2H3,(H,19,20). The first-order chi connectivity index (χ1) is 9.70. The van der Waals surface area contributed by atoms with Crippen LogP contribution in [0.1, 0.15) is 104 Å². The summed E-state index contributed by atoms with van der Waals surface area (Å²) in [7, 11) is 0. The average molecular weight is 284 g/mol. The van der Waals surface area contributed by atoms with Crippen LogP contribution >= 0.6 is 0 Å². The number of carboxylic acids is 1. The Balaban J connectivity index is 3.36. The Morgan fingerprint density at radius 1 is 0.800 bits per heavy atom. The van der Waals surface area contributed by atoms with Gasteiger partial charge in [0.2, 0.25) is 0 Å². The molecule has 0 heterocycles. The van der Waals surface area contributed by atoms with E-state index in [0.717, 1.165) is 18.8 Å². The number of hydrogen-bond acceptors (Lipinski definition) is 1. The topological polar surface area (TPSA) is 37.3 Å². The zero-order valence-corrected chi connectivity index (χ0v) is 13.8. The molecule has 0 amide bonds. The lowest BCUT2D eigenvalue weighted by Gasteiger charge is -2.14. The molecule has 0 aromatic carbocycles. The highest BCUT2D eigenvalue weighted by atomic mass is 16.4. The van der Waals surface area contributed by atoms with Crippen molar-refractivity contribution >= 4 is 5.97 Å². The van der Waals surface area contributed by atoms with Crippen molar-refractivity contribution in [3.8, 4) is 0 Å². The van der Waals surface area contributed by atoms with Crippen LogP contribution < -0.4 is 0 Å². The fourth-order valence-corrected chi connectivity index (χ4v) is 2.83. The minimum Gasteiger partial charge on any atom is -0.481 e. The van der Waals surface area contributed by atoms with E-state index in [1.54, 1.807) is 0 Å². The molecule has 20 heavy (non-hydrogen) atoms. The van der Waals surface area contributed by atoms with Crippen LogP contribution in [0.25, 0.3) is 0 Å². The maximum Gasteiger partial charge on any atom is 0.303 e. The minimum atomic E-state index is -0.653. The maximum atomic E-state index is 10.4. The largest absolute Gasteiger partial charge is 0.481 e. The van der Waals surface area contributed by atoms with Gasteiger partial charge in [0.25, 0.3) is 0 Å². The summed E-state index contributed by atoms with van der Waals surface area (Å²) < 4.78 is 0. The van der Waals surface area contributed by atoms with Gasteiger partial charge in [-0.15, -0.1) is 0 Å². The molecule has 120 valence electrons. The lowest BCUT2D eigenvalue weighted by molar-refractivity contribution is -0.137. The Hall–Kier alpha value is -0.530. The number of unbranched alkanes of at least 4 members (excludes halogenated alkanes) is 8. The molecule has 0 fully saturated rings. The second-order valence-corrected chi connectivity index (χ2v) is 6.18. The van der Waals surface area contributed by atoms with E-state index in [4.69, 9.17) is 5.11 Å². The highest BCUT2D eigenvalue weighted by Crippen LogP contribution is 2.21. The molecule has 0 saturated heterocycles. The van der Waals surface area contributed by atoms with Gasteiger partial charge in [-0.2, -0.15) is 0 Å². The van der Waals surface area contributed by atoms with Gasteiger partial charge in [0.05, 0.1) is 0 Å². The molecule has 0 rings (SSSR count). The molecule has 2 nitrogen and oxygen atoms in total. The van der Waals surface area contributed by atoms with Crippen LogP contribution in [-0.2, 0) is 4.79 Å². The Kier molecular flexibility index (Phi) is 14.5. The summed E-state index contributed by atoms with van der Waals surface area (Å²) in [6.07, 6.45) is 17.2. The van der Waals surface area contributed by atoms with Gasteiger partial charge in [-0.3, -0.25) is 4.79 Å². The normalized spacial score (nSPS) is 12.5. The van der Waals surface area contributed by atoms with Gasteiger partial charge in [-0.25, -0.2) is 0 Å². The van der Waals surface area contributed by atoms with Crippen molar-refractivity contribution in [2.75, 3.05) is 0 Å². The van der Waals surface area contributed by atoms with Gasteiger partial charge in [0, 0.05) is 6.42 Å². The predicted molar refractivity (Wildman–Crippen MR) is 87.1 cm³/mol. The molecular formula is C18H36O2. The first-order valence-electron chi connectivity index (χ1n) is 8.92. The van der Waals surface area contributed by atoms with E-state index >= 15 is 0 Å². The van der Waals surface area contributed by atoms with Gasteiger partial charge >= 0.3 is 5.97 Å². The number of hydrogen-bond donors (Lipinski definition) is 1. The zero-order chi connectivity index (χ0) is 15.1. The second-order valence-electron chi connectivity index (χ2n) is 6.18. The summed E-state index contributed by atoms with van der Waals surface area (Å²) in [6.45, 7) is 4.56. The minimum absolute atomic E-state index is 0.342. The van der Waals surface area contributed by atoms with Gasteiger partial charge in [0.1, 0.15) is 0 Å². The summed E-state index contributed by atoms with van der Waals surface area (Å²) in [4.78, 5) is 10.4. The van der Waals surface area contributed by atoms with Gasteiger partial charge < -0.3 is 5.11 Å². The second kappa shape index (κ2) is 14.9. The molecule has 0 aliphatic heterocycles. The van der Waals surface area contributed by atoms with E-state index in [2.05, 4.69) is 13.8 Å². The molecule has 0 aromatic rings. The molecule has 0 aliphatic rings. The van der Waals surface area contributed by atoms with Crippen LogP contribution in [0.3, 0.4) is 0 Å². The Labute approximate surface area is 126 Å². The van der Waals surface area contributed by atoms with Crippen molar-refractivity contribution in [1.82, 2.24) is 0 Å². The molecule has 0 aromatic heterocycles. The van der Waals surface area contributed by atoms with Crippen LogP contribution in [0.15, 0.2) is 0 Å². The molecule has 1 N–H and O–H groups in total. The summed E-state index contributed by atoms with van der Waals surface area (Å²) in [6, 6.07) is 0. The highest BCUT2D eigenvalue weighted by molar-refractivity contribution is 5.66. The summed E-state index contributed by atoms with van der Waals surface area (Å²) >= 11 is 0. The maximum absolute atomic E-state index is 10.4. The van der Waals surface area contributed by atoms with E-state index < -0.39 is 5.97 Å². The van der Waals surface area contributed by atoms with Crippen molar-refractivity contribution in [2.45, 2.75) is 104 Å². The zero-order valence-electron chi connectivity index (χ0n) is 13.8. The van der Waals surface area contributed by atoms with Crippen molar-refractivity contribution in [2.24, 2.45) is 5.92 Å². The third kappa shape index (κ3) is 13.9. The fraction of sp³-hybridized carbons (Fsp3) is 0.944. The van der Waals surface area contributed by atoms with Crippen molar-refractivity contribution in [3.63, 3.8) is 0 Å². The van der Waals surface area contributed by atoms with E-state index in [-0.39, 0.29) is 0 Å². The van der Waals surface area contributed by atoms with Gasteiger partial charge in [0.15, 0.2) is 0 Å². The van der Waals surface area contributed by atoms with Crippen molar-refractivity contribution in [3.05, 3.63) is 0 Å². The van der Waals surface area contributed by atoms with Crippen LogP contribution in [0.4, 0.5) is 0 Å². The lowest BCUT2D eigenvalue weighted by Crippen LogP contribution is -2.00. The molecule has 1 unspecified atom stereocenters. The summed E-state index contributed by atoms with van der Waals surface area (Å²) in [5.74, 6) is 0.218. The van der Waals surface area contributed by atoms with E-state index in [9.17, 15) is 4.79 Å². The number of carboxylic acid groups (broad SMARTS) is 1. The van der Waals surface area contributed by atoms with Crippen LogP contribution in [0.2, 0.25) is 0 Å². The monoisotopic (exact) mass is 284 g/mol. The van der Waals surface area contributed by atoms with Crippen LogP contribution in [-0.4, -0.2) is 11.1 Å². The van der Waals surface area contributed by atoms with Crippen molar-refractivity contribution < 1.29 is 9.90 Å². The van der Waals surface area contributed by atoms with Crippen LogP contribution in [0.5, 0.6) is 0 Å². The quantitative estimate of drug-likeness (QED) is 0.364. The molecule has 0 spiro atoms. The Bertz CT molecular complexity index is 213. The first-order valence-corrected chi connectivity index (χ1v) is 8.92. The molecule has 0 radical (unpaired) electrons. The van der Waals surface area contributed by atoms with Crippen LogP contribution in [0, 0.1) is 5.92 Å². The van der Waals surface area contributed by atoms with E-state index in [0.29, 0.717) is 6.42 Å². The third-order valence-corrected chi connectivity index (χ3v) is 4.30. The van der Waals surface area contributed by atoms with Crippen molar-refractivity contribution in [1.29, 1.82) is 0 Å². The number of aliphatic carboxylic acids is 1. The molecule has 1 atom stereocenters. The van der Waals surface area contributed by atoms with Gasteiger partial charge in [-0.1, -0.05) is 90.9 Å². The molecular weight excluding hydrogens is 248 g/mol. The molecule has 0 saturated carbocycles. The molecule has 0 bridgehead atoms. The third-order valence-electron chi connectivity index (χ3n) is 4.30. The number of rotatable bonds is 15. The Morgan fingerprint density at radius 2 is 1.30 bits per heavy atom. The first kappa shape index (κ1) is 19.5. The predicted octanol–water partition coefficient (Wildman–Crippen LogP) is 6.19. The van der Waals surface area contributed by atoms with E-state index in [1.165, 1.54) is 70.6 Å². The average Bonchev–Trinajstić information content (AvgIpc) is 2.43. The SMILES string of the molecule is CCCCCCCCCC(CC)CCCCCC(=O)O. The highest BCUT2D eigenvalue weighted by Gasteiger charge is 2.06. The summed E-state index contributed by atoms with van der Waals surface area (Å²) in [5.41, 5.74) is 0. The Morgan fingerprint density at radius 3 is 1.80 bits per heavy atom. The fourth-order valence-electron chi connectivity index (χ4n) is 2.83. The summed E-state index contributed by atoms with van der Waals surface area (Å²) in [5, 5.41) is 8.59.